The highest BCUT2D eigenvalue weighted by atomic mass is 32.2. The maximum Gasteiger partial charge on any atom is 0.253 e. The fraction of sp³-hybridized carbons (Fsp3) is 0.182. The van der Waals surface area contributed by atoms with Crippen molar-refractivity contribution < 1.29 is 18.0 Å². The third kappa shape index (κ3) is 6.00. The molecule has 9 heteroatoms. The van der Waals surface area contributed by atoms with E-state index in [1.54, 1.807) is 38.4 Å². The van der Waals surface area contributed by atoms with Crippen LogP contribution < -0.4 is 10.0 Å². The summed E-state index contributed by atoms with van der Waals surface area (Å²) >= 11 is 1.47. The molecule has 2 amide bonds. The summed E-state index contributed by atoms with van der Waals surface area (Å²) in [6.07, 6.45) is 0. The molecule has 0 aliphatic heterocycles. The summed E-state index contributed by atoms with van der Waals surface area (Å²) in [5.41, 5.74) is 1.78. The van der Waals surface area contributed by atoms with Gasteiger partial charge in [-0.1, -0.05) is 18.2 Å². The first-order valence-electron chi connectivity index (χ1n) is 9.47. The molecule has 0 saturated carbocycles. The number of sulfonamides is 1. The molecule has 3 aromatic rings. The van der Waals surface area contributed by atoms with Gasteiger partial charge in [0.1, 0.15) is 0 Å². The number of hydrogen-bond acceptors (Lipinski definition) is 5. The van der Waals surface area contributed by atoms with Crippen molar-refractivity contribution in [3.8, 4) is 0 Å². The zero-order valence-corrected chi connectivity index (χ0v) is 18.8. The lowest BCUT2D eigenvalue weighted by Gasteiger charge is -2.11. The highest BCUT2D eigenvalue weighted by Gasteiger charge is 2.15. The highest BCUT2D eigenvalue weighted by molar-refractivity contribution is 7.89. The van der Waals surface area contributed by atoms with E-state index in [0.29, 0.717) is 11.1 Å². The number of nitrogens with zero attached hydrogens (tertiary/aromatic N) is 1. The Hall–Kier alpha value is -3.01. The minimum atomic E-state index is -3.66. The predicted octanol–water partition coefficient (Wildman–Crippen LogP) is 2.86. The lowest BCUT2D eigenvalue weighted by molar-refractivity contribution is 0.0827. The number of carbonyl (C=O) groups excluding carboxylic acids is 2. The summed E-state index contributed by atoms with van der Waals surface area (Å²) in [5, 5.41) is 4.67. The third-order valence-corrected chi connectivity index (χ3v) is 6.80. The highest BCUT2D eigenvalue weighted by Crippen LogP contribution is 2.14. The second-order valence-electron chi connectivity index (χ2n) is 7.01. The van der Waals surface area contributed by atoms with E-state index < -0.39 is 10.0 Å². The largest absolute Gasteiger partial charge is 0.348 e. The topological polar surface area (TPSA) is 95.6 Å². The van der Waals surface area contributed by atoms with E-state index >= 15 is 0 Å². The van der Waals surface area contributed by atoms with Gasteiger partial charge in [-0.25, -0.2) is 13.1 Å². The normalized spacial score (nSPS) is 11.2. The Kier molecular flexibility index (Phi) is 7.21. The van der Waals surface area contributed by atoms with Crippen LogP contribution in [-0.2, 0) is 23.1 Å². The van der Waals surface area contributed by atoms with Crippen LogP contribution in [0, 0.1) is 0 Å². The second kappa shape index (κ2) is 9.86. The molecule has 1 heterocycles. The average molecular weight is 458 g/mol. The van der Waals surface area contributed by atoms with Crippen LogP contribution in [0.25, 0.3) is 0 Å². The maximum absolute atomic E-state index is 12.4. The summed E-state index contributed by atoms with van der Waals surface area (Å²) in [6.45, 7) is 0.513. The van der Waals surface area contributed by atoms with Crippen LogP contribution in [0.3, 0.4) is 0 Å². The minimum Gasteiger partial charge on any atom is -0.348 e. The van der Waals surface area contributed by atoms with Crippen molar-refractivity contribution in [2.24, 2.45) is 0 Å². The van der Waals surface area contributed by atoms with Crippen LogP contribution in [0.2, 0.25) is 0 Å². The van der Waals surface area contributed by atoms with E-state index in [-0.39, 0.29) is 29.8 Å². The van der Waals surface area contributed by atoms with Gasteiger partial charge in [-0.3, -0.25) is 9.59 Å². The molecule has 0 radical (unpaired) electrons. The van der Waals surface area contributed by atoms with E-state index in [1.807, 2.05) is 17.5 Å². The smallest absolute Gasteiger partial charge is 0.253 e. The first kappa shape index (κ1) is 22.7. The summed E-state index contributed by atoms with van der Waals surface area (Å²) in [7, 11) is -0.283. The van der Waals surface area contributed by atoms with E-state index in [1.165, 1.54) is 40.5 Å². The molecule has 2 N–H and O–H groups in total. The van der Waals surface area contributed by atoms with Crippen molar-refractivity contribution in [1.82, 2.24) is 14.9 Å². The molecule has 162 valence electrons. The molecule has 0 atom stereocenters. The van der Waals surface area contributed by atoms with Gasteiger partial charge in [0.25, 0.3) is 11.8 Å². The van der Waals surface area contributed by atoms with E-state index in [0.717, 1.165) is 10.4 Å². The van der Waals surface area contributed by atoms with Gasteiger partial charge in [0, 0.05) is 43.2 Å². The van der Waals surface area contributed by atoms with Gasteiger partial charge in [0.2, 0.25) is 10.0 Å². The van der Waals surface area contributed by atoms with E-state index in [9.17, 15) is 18.0 Å². The molecule has 3 rings (SSSR count). The predicted molar refractivity (Wildman–Crippen MR) is 120 cm³/mol. The number of nitrogens with one attached hydrogen (secondary N) is 2. The zero-order chi connectivity index (χ0) is 22.4. The Labute approximate surface area is 185 Å². The average Bonchev–Trinajstić information content (AvgIpc) is 3.30. The standard InChI is InChI=1S/C22H23N3O4S2/c1-25(2)22(27)18-7-5-16(6-8-18)14-23-21(26)17-9-11-20(12-10-17)31(28,29)24-15-19-4-3-13-30-19/h3-13,24H,14-15H2,1-2H3,(H,23,26). The van der Waals surface area contributed by atoms with Crippen LogP contribution in [-0.4, -0.2) is 39.2 Å². The SMILES string of the molecule is CN(C)C(=O)c1ccc(CNC(=O)c2ccc(S(=O)(=O)NCc3cccs3)cc2)cc1. The van der Waals surface area contributed by atoms with Gasteiger partial charge < -0.3 is 10.2 Å². The van der Waals surface area contributed by atoms with Gasteiger partial charge in [-0.2, -0.15) is 0 Å². The molecule has 0 spiro atoms. The summed E-state index contributed by atoms with van der Waals surface area (Å²) in [5.74, 6) is -0.403. The number of amides is 2. The molecule has 0 bridgehead atoms. The zero-order valence-electron chi connectivity index (χ0n) is 17.2. The summed E-state index contributed by atoms with van der Waals surface area (Å²) in [6, 6.07) is 16.5. The molecule has 0 unspecified atom stereocenters. The first-order valence-corrected chi connectivity index (χ1v) is 11.8. The van der Waals surface area contributed by atoms with Gasteiger partial charge in [0.05, 0.1) is 4.90 Å². The molecule has 7 nitrogen and oxygen atoms in total. The Morgan fingerprint density at radius 1 is 0.903 bits per heavy atom. The summed E-state index contributed by atoms with van der Waals surface area (Å²) < 4.78 is 27.4. The van der Waals surface area contributed by atoms with Crippen LogP contribution in [0.4, 0.5) is 0 Å². The maximum atomic E-state index is 12.4. The van der Waals surface area contributed by atoms with Crippen LogP contribution in [0.5, 0.6) is 0 Å². The van der Waals surface area contributed by atoms with Crippen molar-refractivity contribution in [1.29, 1.82) is 0 Å². The van der Waals surface area contributed by atoms with Crippen molar-refractivity contribution in [3.05, 3.63) is 87.6 Å². The molecule has 0 saturated heterocycles. The van der Waals surface area contributed by atoms with Gasteiger partial charge in [-0.05, 0) is 53.4 Å². The molecule has 31 heavy (non-hydrogen) atoms. The molecular weight excluding hydrogens is 434 g/mol. The number of hydrogen-bond donors (Lipinski definition) is 2. The fourth-order valence-electron chi connectivity index (χ4n) is 2.76. The van der Waals surface area contributed by atoms with Crippen molar-refractivity contribution >= 4 is 33.2 Å². The van der Waals surface area contributed by atoms with Gasteiger partial charge in [0.15, 0.2) is 0 Å². The lowest BCUT2D eigenvalue weighted by atomic mass is 10.1. The molecule has 1 aromatic heterocycles. The van der Waals surface area contributed by atoms with Crippen molar-refractivity contribution in [3.63, 3.8) is 0 Å². The van der Waals surface area contributed by atoms with Crippen molar-refractivity contribution in [2.45, 2.75) is 18.0 Å². The lowest BCUT2D eigenvalue weighted by Crippen LogP contribution is -2.24. The molecule has 0 aliphatic rings. The van der Waals surface area contributed by atoms with Crippen LogP contribution >= 0.6 is 11.3 Å². The molecule has 0 fully saturated rings. The molecule has 2 aromatic carbocycles. The summed E-state index contributed by atoms with van der Waals surface area (Å²) in [4.78, 5) is 26.8. The number of benzene rings is 2. The fourth-order valence-corrected chi connectivity index (χ4v) is 4.50. The van der Waals surface area contributed by atoms with Gasteiger partial charge >= 0.3 is 0 Å². The number of carbonyl (C=O) groups is 2. The molecule has 0 aliphatic carbocycles. The number of rotatable bonds is 8. The third-order valence-electron chi connectivity index (χ3n) is 4.50. The first-order chi connectivity index (χ1) is 14.8. The molecular formula is C22H23N3O4S2. The van der Waals surface area contributed by atoms with E-state index in [2.05, 4.69) is 10.0 Å². The Balaban J connectivity index is 1.57. The van der Waals surface area contributed by atoms with Crippen LogP contribution in [0.15, 0.2) is 70.9 Å². The Bertz CT molecular complexity index is 1140. The minimum absolute atomic E-state index is 0.0875. The van der Waals surface area contributed by atoms with Gasteiger partial charge in [-0.15, -0.1) is 11.3 Å². The number of thiophene rings is 1. The Morgan fingerprint density at radius 3 is 2.13 bits per heavy atom. The Morgan fingerprint density at radius 2 is 1.55 bits per heavy atom. The van der Waals surface area contributed by atoms with Crippen molar-refractivity contribution in [2.75, 3.05) is 14.1 Å². The quantitative estimate of drug-likeness (QED) is 0.544. The van der Waals surface area contributed by atoms with E-state index in [4.69, 9.17) is 0 Å². The second-order valence-corrected chi connectivity index (χ2v) is 9.81. The van der Waals surface area contributed by atoms with Crippen LogP contribution in [0.1, 0.15) is 31.2 Å². The monoisotopic (exact) mass is 457 g/mol.